The Bertz CT molecular complexity index is 1300. The van der Waals surface area contributed by atoms with Gasteiger partial charge in [-0.3, -0.25) is 14.0 Å². The van der Waals surface area contributed by atoms with Crippen LogP contribution in [0.5, 0.6) is 0 Å². The third-order valence-electron chi connectivity index (χ3n) is 6.00. The van der Waals surface area contributed by atoms with Gasteiger partial charge in [0.15, 0.2) is 16.6 Å². The molecule has 2 aliphatic rings. The lowest BCUT2D eigenvalue weighted by molar-refractivity contribution is -0.192. The number of carbonyl (C=O) groups excluding carboxylic acids is 2. The van der Waals surface area contributed by atoms with Crippen molar-refractivity contribution in [1.82, 2.24) is 24.2 Å². The van der Waals surface area contributed by atoms with Crippen molar-refractivity contribution in [3.8, 4) is 10.7 Å². The van der Waals surface area contributed by atoms with Gasteiger partial charge in [-0.2, -0.15) is 13.2 Å². The summed E-state index contributed by atoms with van der Waals surface area (Å²) in [6, 6.07) is 5.76. The molecule has 0 unspecified atom stereocenters. The monoisotopic (exact) mass is 538 g/mol. The predicted molar refractivity (Wildman–Crippen MR) is 129 cm³/mol. The van der Waals surface area contributed by atoms with Crippen LogP contribution < -0.4 is 5.32 Å². The second-order valence-corrected chi connectivity index (χ2v) is 9.59. The van der Waals surface area contributed by atoms with Crippen molar-refractivity contribution in [3.63, 3.8) is 0 Å². The molecule has 198 valence electrons. The molecule has 1 aliphatic heterocycles. The molecule has 10 nitrogen and oxygen atoms in total. The van der Waals surface area contributed by atoms with Gasteiger partial charge in [0.05, 0.1) is 16.6 Å². The molecule has 4 heterocycles. The molecular formula is C23H25F3N6O4S. The number of carbonyl (C=O) groups is 3. The highest BCUT2D eigenvalue weighted by Gasteiger charge is 2.38. The standard InChI is InChI=1S/C21H24N6O2S.C2HF3O2/c1-2-25-9-11-26(12-10-25)20(29)17-15-5-3-4-8-27(15)18(23-17)16-13-22-21(30-16)24-19(28)14-6-7-14;3-2(4,5)1(6)7/h3-5,8,13-14H,2,6-7,9-12H2,1H3,(H,22,24,28);(H,6,7). The molecule has 1 aliphatic carbocycles. The second kappa shape index (κ2) is 10.8. The Balaban J connectivity index is 0.000000405. The quantitative estimate of drug-likeness (QED) is 0.512. The van der Waals surface area contributed by atoms with Crippen molar-refractivity contribution in [2.45, 2.75) is 25.9 Å². The highest BCUT2D eigenvalue weighted by molar-refractivity contribution is 7.19. The molecule has 1 saturated heterocycles. The van der Waals surface area contributed by atoms with E-state index in [0.717, 1.165) is 42.9 Å². The van der Waals surface area contributed by atoms with Crippen LogP contribution in [0.25, 0.3) is 16.2 Å². The number of carboxylic acids is 1. The number of likely N-dealkylation sites (N-methyl/N-ethyl adjacent to an activating group) is 1. The number of aliphatic carboxylic acids is 1. The smallest absolute Gasteiger partial charge is 0.475 e. The Morgan fingerprint density at radius 2 is 1.84 bits per heavy atom. The maximum Gasteiger partial charge on any atom is 0.490 e. The number of alkyl halides is 3. The number of hydrogen-bond donors (Lipinski definition) is 2. The number of halogens is 3. The van der Waals surface area contributed by atoms with Crippen molar-refractivity contribution < 1.29 is 32.7 Å². The fraction of sp³-hybridized carbons (Fsp3) is 0.435. The van der Waals surface area contributed by atoms with E-state index in [0.29, 0.717) is 29.7 Å². The van der Waals surface area contributed by atoms with Crippen LogP contribution in [0.15, 0.2) is 30.6 Å². The Labute approximate surface area is 213 Å². The Hall–Kier alpha value is -3.52. The van der Waals surface area contributed by atoms with Crippen molar-refractivity contribution in [2.75, 3.05) is 38.0 Å². The highest BCUT2D eigenvalue weighted by atomic mass is 32.1. The summed E-state index contributed by atoms with van der Waals surface area (Å²) in [6.45, 7) is 6.35. The van der Waals surface area contributed by atoms with E-state index in [1.807, 2.05) is 33.7 Å². The lowest BCUT2D eigenvalue weighted by Gasteiger charge is -2.33. The first kappa shape index (κ1) is 26.5. The average molecular weight is 539 g/mol. The van der Waals surface area contributed by atoms with Gasteiger partial charge in [-0.15, -0.1) is 0 Å². The topological polar surface area (TPSA) is 120 Å². The molecule has 0 atom stereocenters. The summed E-state index contributed by atoms with van der Waals surface area (Å²) in [5.41, 5.74) is 1.25. The maximum absolute atomic E-state index is 13.2. The normalized spacial score (nSPS) is 16.3. The zero-order valence-electron chi connectivity index (χ0n) is 19.9. The van der Waals surface area contributed by atoms with Gasteiger partial charge in [0.2, 0.25) is 5.91 Å². The van der Waals surface area contributed by atoms with E-state index < -0.39 is 12.1 Å². The number of nitrogens with zero attached hydrogens (tertiary/aromatic N) is 5. The van der Waals surface area contributed by atoms with Crippen LogP contribution in [0.1, 0.15) is 30.3 Å². The number of nitrogens with one attached hydrogen (secondary N) is 1. The van der Waals surface area contributed by atoms with Crippen LogP contribution in [-0.4, -0.2) is 86.0 Å². The number of pyridine rings is 1. The van der Waals surface area contributed by atoms with E-state index in [1.54, 1.807) is 6.20 Å². The molecule has 3 aromatic rings. The van der Waals surface area contributed by atoms with Crippen LogP contribution >= 0.6 is 11.3 Å². The van der Waals surface area contributed by atoms with E-state index in [-0.39, 0.29) is 17.7 Å². The predicted octanol–water partition coefficient (Wildman–Crippen LogP) is 3.22. The minimum atomic E-state index is -5.08. The fourth-order valence-corrected chi connectivity index (χ4v) is 4.58. The van der Waals surface area contributed by atoms with Crippen molar-refractivity contribution >= 4 is 39.8 Å². The zero-order valence-corrected chi connectivity index (χ0v) is 20.7. The summed E-state index contributed by atoms with van der Waals surface area (Å²) in [7, 11) is 0. The fourth-order valence-electron chi connectivity index (χ4n) is 3.77. The summed E-state index contributed by atoms with van der Waals surface area (Å²) >= 11 is 1.38. The average Bonchev–Trinajstić information content (AvgIpc) is 3.52. The first-order valence-electron chi connectivity index (χ1n) is 11.6. The lowest BCUT2D eigenvalue weighted by atomic mass is 10.2. The molecule has 2 N–H and O–H groups in total. The third-order valence-corrected chi connectivity index (χ3v) is 6.91. The summed E-state index contributed by atoms with van der Waals surface area (Å²) in [4.78, 5) is 48.3. The summed E-state index contributed by atoms with van der Waals surface area (Å²) in [6.07, 6.45) is 0.439. The molecule has 0 aromatic carbocycles. The number of fused-ring (bicyclic) bond motifs is 1. The van der Waals surface area contributed by atoms with Crippen LogP contribution in [0.4, 0.5) is 18.3 Å². The maximum atomic E-state index is 13.2. The van der Waals surface area contributed by atoms with Crippen LogP contribution in [0.2, 0.25) is 0 Å². The number of aromatic nitrogens is 3. The number of imidazole rings is 1. The molecule has 0 bridgehead atoms. The van der Waals surface area contributed by atoms with Gasteiger partial charge in [-0.05, 0) is 31.5 Å². The molecule has 37 heavy (non-hydrogen) atoms. The van der Waals surface area contributed by atoms with Gasteiger partial charge >= 0.3 is 12.1 Å². The number of anilines is 1. The van der Waals surface area contributed by atoms with Gasteiger partial charge in [0.25, 0.3) is 5.91 Å². The molecule has 5 rings (SSSR count). The Morgan fingerprint density at radius 1 is 1.16 bits per heavy atom. The molecule has 0 radical (unpaired) electrons. The first-order chi connectivity index (χ1) is 17.6. The van der Waals surface area contributed by atoms with Gasteiger partial charge in [0.1, 0.15) is 0 Å². The third kappa shape index (κ3) is 6.25. The number of amides is 2. The van der Waals surface area contributed by atoms with Crippen LogP contribution in [-0.2, 0) is 9.59 Å². The Kier molecular flexibility index (Phi) is 7.78. The van der Waals surface area contributed by atoms with Gasteiger partial charge in [-0.1, -0.05) is 24.3 Å². The zero-order chi connectivity index (χ0) is 26.7. The summed E-state index contributed by atoms with van der Waals surface area (Å²) in [5.74, 6) is -1.96. The molecular weight excluding hydrogens is 513 g/mol. The Morgan fingerprint density at radius 3 is 2.43 bits per heavy atom. The molecule has 2 fully saturated rings. The van der Waals surface area contributed by atoms with Gasteiger partial charge in [0, 0.05) is 38.3 Å². The van der Waals surface area contributed by atoms with Crippen molar-refractivity contribution in [2.24, 2.45) is 5.92 Å². The largest absolute Gasteiger partial charge is 0.490 e. The molecule has 2 amide bonds. The van der Waals surface area contributed by atoms with E-state index in [4.69, 9.17) is 14.9 Å². The lowest BCUT2D eigenvalue weighted by Crippen LogP contribution is -2.48. The SMILES string of the molecule is CCN1CCN(C(=O)c2nc(-c3cnc(NC(=O)C4CC4)s3)n3ccccc23)CC1.O=C(O)C(F)(F)F. The van der Waals surface area contributed by atoms with Crippen LogP contribution in [0, 0.1) is 5.92 Å². The van der Waals surface area contributed by atoms with E-state index in [9.17, 15) is 22.8 Å². The van der Waals surface area contributed by atoms with Gasteiger partial charge < -0.3 is 20.2 Å². The molecule has 0 spiro atoms. The minimum Gasteiger partial charge on any atom is -0.475 e. The molecule has 3 aromatic heterocycles. The number of thiazole rings is 1. The number of rotatable bonds is 5. The molecule has 1 saturated carbocycles. The van der Waals surface area contributed by atoms with Crippen molar-refractivity contribution in [1.29, 1.82) is 0 Å². The second-order valence-electron chi connectivity index (χ2n) is 8.56. The minimum absolute atomic E-state index is 0.0333. The number of piperazine rings is 1. The first-order valence-corrected chi connectivity index (χ1v) is 12.5. The number of carboxylic acid groups (broad SMARTS) is 1. The highest BCUT2D eigenvalue weighted by Crippen LogP contribution is 2.33. The van der Waals surface area contributed by atoms with Gasteiger partial charge in [-0.25, -0.2) is 14.8 Å². The molecule has 14 heteroatoms. The van der Waals surface area contributed by atoms with E-state index in [1.165, 1.54) is 11.3 Å². The van der Waals surface area contributed by atoms with E-state index in [2.05, 4.69) is 22.1 Å². The van der Waals surface area contributed by atoms with Crippen LogP contribution in [0.3, 0.4) is 0 Å². The summed E-state index contributed by atoms with van der Waals surface area (Å²) in [5, 5.41) is 10.6. The summed E-state index contributed by atoms with van der Waals surface area (Å²) < 4.78 is 33.7. The van der Waals surface area contributed by atoms with Crippen molar-refractivity contribution in [3.05, 3.63) is 36.3 Å². The number of hydrogen-bond acceptors (Lipinski definition) is 7. The van der Waals surface area contributed by atoms with E-state index >= 15 is 0 Å².